The molecule has 6 nitrogen and oxygen atoms in total. The Hall–Kier alpha value is -2.54. The topological polar surface area (TPSA) is 76.3 Å². The van der Waals surface area contributed by atoms with Crippen LogP contribution in [0.2, 0.25) is 0 Å². The van der Waals surface area contributed by atoms with E-state index in [4.69, 9.17) is 4.42 Å². The van der Waals surface area contributed by atoms with Crippen molar-refractivity contribution in [3.8, 4) is 0 Å². The van der Waals surface area contributed by atoms with E-state index >= 15 is 0 Å². The molecular weight excluding hydrogens is 386 g/mol. The number of anilines is 2. The molecular formula is C18H16BrN3O3. The Morgan fingerprint density at radius 2 is 2.04 bits per heavy atom. The van der Waals surface area contributed by atoms with Crippen molar-refractivity contribution in [2.45, 2.75) is 19.3 Å². The maximum Gasteiger partial charge on any atom is 0.272 e. The normalized spacial score (nSPS) is 15.3. The van der Waals surface area contributed by atoms with Gasteiger partial charge in [0.2, 0.25) is 5.91 Å². The van der Waals surface area contributed by atoms with Gasteiger partial charge in [0.1, 0.15) is 5.69 Å². The third-order valence-corrected chi connectivity index (χ3v) is 5.09. The van der Waals surface area contributed by atoms with Crippen molar-refractivity contribution in [1.82, 2.24) is 4.57 Å². The fourth-order valence-electron chi connectivity index (χ4n) is 3.14. The summed E-state index contributed by atoms with van der Waals surface area (Å²) in [5.41, 5.74) is 3.66. The van der Waals surface area contributed by atoms with Crippen LogP contribution in [0.4, 0.5) is 11.4 Å². The molecule has 2 N–H and O–H groups in total. The fraction of sp³-hybridized carbons (Fsp3) is 0.222. The highest BCUT2D eigenvalue weighted by Gasteiger charge is 2.38. The van der Waals surface area contributed by atoms with Gasteiger partial charge in [-0.05, 0) is 53.5 Å². The first kappa shape index (κ1) is 16.0. The van der Waals surface area contributed by atoms with E-state index in [1.165, 1.54) is 0 Å². The summed E-state index contributed by atoms with van der Waals surface area (Å²) in [6.45, 7) is 3.73. The van der Waals surface area contributed by atoms with Gasteiger partial charge in [-0.25, -0.2) is 0 Å². The van der Waals surface area contributed by atoms with Gasteiger partial charge in [0.05, 0.1) is 10.9 Å². The molecule has 25 heavy (non-hydrogen) atoms. The van der Waals surface area contributed by atoms with Gasteiger partial charge in [-0.3, -0.25) is 9.59 Å². The summed E-state index contributed by atoms with van der Waals surface area (Å²) in [6.07, 6.45) is 0. The molecule has 1 aliphatic heterocycles. The van der Waals surface area contributed by atoms with Crippen molar-refractivity contribution in [1.29, 1.82) is 0 Å². The van der Waals surface area contributed by atoms with Gasteiger partial charge >= 0.3 is 0 Å². The molecule has 0 atom stereocenters. The van der Waals surface area contributed by atoms with E-state index < -0.39 is 5.41 Å². The van der Waals surface area contributed by atoms with Gasteiger partial charge < -0.3 is 19.6 Å². The number of aromatic nitrogens is 1. The number of rotatable bonds is 2. The number of carbonyl (C=O) groups is 2. The lowest BCUT2D eigenvalue weighted by atomic mass is 9.86. The Bertz CT molecular complexity index is 1050. The largest absolute Gasteiger partial charge is 0.448 e. The lowest BCUT2D eigenvalue weighted by Gasteiger charge is -2.16. The molecule has 0 saturated heterocycles. The molecule has 4 rings (SSSR count). The first-order valence-electron chi connectivity index (χ1n) is 7.79. The number of halogens is 1. The summed E-state index contributed by atoms with van der Waals surface area (Å²) in [7, 11) is 1.81. The van der Waals surface area contributed by atoms with Gasteiger partial charge in [-0.15, -0.1) is 0 Å². The quantitative estimate of drug-likeness (QED) is 0.680. The minimum atomic E-state index is -0.618. The van der Waals surface area contributed by atoms with E-state index in [2.05, 4.69) is 26.6 Å². The number of fused-ring (bicyclic) bond motifs is 2. The number of hydrogen-bond donors (Lipinski definition) is 2. The Morgan fingerprint density at radius 1 is 1.28 bits per heavy atom. The Labute approximate surface area is 152 Å². The van der Waals surface area contributed by atoms with E-state index in [1.807, 2.05) is 39.1 Å². The highest BCUT2D eigenvalue weighted by molar-refractivity contribution is 9.10. The Balaban J connectivity index is 1.65. The molecule has 1 aliphatic rings. The lowest BCUT2D eigenvalue weighted by molar-refractivity contribution is -0.119. The van der Waals surface area contributed by atoms with Crippen LogP contribution < -0.4 is 10.6 Å². The van der Waals surface area contributed by atoms with Crippen LogP contribution in [-0.4, -0.2) is 16.4 Å². The van der Waals surface area contributed by atoms with Crippen LogP contribution in [0.15, 0.2) is 39.4 Å². The average Bonchev–Trinajstić information content (AvgIpc) is 3.12. The standard InChI is InChI=1S/C18H16BrN3O3/c1-18(2)10-6-9(4-5-11(10)21-17(18)24)20-16(23)13-7-14-12(22(13)3)8-15(19)25-14/h4-8H,1-3H3,(H,20,23)(H,21,24). The number of aryl methyl sites for hydroxylation is 1. The smallest absolute Gasteiger partial charge is 0.272 e. The second-order valence-corrected chi connectivity index (χ2v) is 7.46. The molecule has 0 aliphatic carbocycles. The Kier molecular flexibility index (Phi) is 3.34. The molecule has 3 heterocycles. The molecule has 0 saturated carbocycles. The predicted octanol–water partition coefficient (Wildman–Crippen LogP) is 4.02. The molecule has 0 spiro atoms. The molecule has 0 unspecified atom stereocenters. The third-order valence-electron chi connectivity index (χ3n) is 4.70. The monoisotopic (exact) mass is 401 g/mol. The SMILES string of the molecule is Cn1c(C(=O)Nc2ccc3c(c2)C(C)(C)C(=O)N3)cc2oc(Br)cc21. The van der Waals surface area contributed by atoms with E-state index in [-0.39, 0.29) is 11.8 Å². The number of furan rings is 1. The van der Waals surface area contributed by atoms with Crippen LogP contribution in [-0.2, 0) is 17.3 Å². The number of nitrogens with zero attached hydrogens (tertiary/aromatic N) is 1. The van der Waals surface area contributed by atoms with Gasteiger partial charge in [-0.1, -0.05) is 0 Å². The molecule has 7 heteroatoms. The van der Waals surface area contributed by atoms with Crippen LogP contribution in [0.1, 0.15) is 29.9 Å². The van der Waals surface area contributed by atoms with Crippen LogP contribution >= 0.6 is 15.9 Å². The zero-order chi connectivity index (χ0) is 17.9. The minimum Gasteiger partial charge on any atom is -0.448 e. The molecule has 0 fully saturated rings. The molecule has 0 bridgehead atoms. The maximum absolute atomic E-state index is 12.6. The first-order valence-corrected chi connectivity index (χ1v) is 8.59. The molecule has 1 aromatic carbocycles. The second kappa shape index (κ2) is 5.23. The van der Waals surface area contributed by atoms with Crippen molar-refractivity contribution in [3.63, 3.8) is 0 Å². The Morgan fingerprint density at radius 3 is 2.76 bits per heavy atom. The van der Waals surface area contributed by atoms with Crippen LogP contribution in [0, 0.1) is 0 Å². The van der Waals surface area contributed by atoms with E-state index in [1.54, 1.807) is 16.7 Å². The first-order chi connectivity index (χ1) is 11.8. The van der Waals surface area contributed by atoms with Crippen LogP contribution in [0.25, 0.3) is 11.1 Å². The zero-order valence-corrected chi connectivity index (χ0v) is 15.5. The third kappa shape index (κ3) is 2.38. The number of hydrogen-bond acceptors (Lipinski definition) is 3. The number of carbonyl (C=O) groups excluding carboxylic acids is 2. The highest BCUT2D eigenvalue weighted by Crippen LogP contribution is 2.38. The molecule has 128 valence electrons. The van der Waals surface area contributed by atoms with Crippen LogP contribution in [0.5, 0.6) is 0 Å². The summed E-state index contributed by atoms with van der Waals surface area (Å²) in [5.74, 6) is -0.278. The lowest BCUT2D eigenvalue weighted by Crippen LogP contribution is -2.27. The average molecular weight is 402 g/mol. The second-order valence-electron chi connectivity index (χ2n) is 6.68. The molecule has 0 radical (unpaired) electrons. The minimum absolute atomic E-state index is 0.0423. The van der Waals surface area contributed by atoms with Gasteiger partial charge in [-0.2, -0.15) is 0 Å². The summed E-state index contributed by atoms with van der Waals surface area (Å²) >= 11 is 3.28. The summed E-state index contributed by atoms with van der Waals surface area (Å²) in [6, 6.07) is 8.96. The summed E-state index contributed by atoms with van der Waals surface area (Å²) < 4.78 is 7.90. The molecule has 2 aromatic heterocycles. The fourth-order valence-corrected chi connectivity index (χ4v) is 3.53. The number of nitrogens with one attached hydrogen (secondary N) is 2. The van der Waals surface area contributed by atoms with Crippen molar-refractivity contribution < 1.29 is 14.0 Å². The summed E-state index contributed by atoms with van der Waals surface area (Å²) in [5, 5.41) is 5.75. The van der Waals surface area contributed by atoms with Crippen molar-refractivity contribution in [3.05, 3.63) is 46.3 Å². The van der Waals surface area contributed by atoms with Crippen molar-refractivity contribution in [2.24, 2.45) is 7.05 Å². The van der Waals surface area contributed by atoms with E-state index in [9.17, 15) is 9.59 Å². The maximum atomic E-state index is 12.6. The summed E-state index contributed by atoms with van der Waals surface area (Å²) in [4.78, 5) is 24.7. The highest BCUT2D eigenvalue weighted by atomic mass is 79.9. The van der Waals surface area contributed by atoms with Gasteiger partial charge in [0.25, 0.3) is 5.91 Å². The predicted molar refractivity (Wildman–Crippen MR) is 98.9 cm³/mol. The van der Waals surface area contributed by atoms with E-state index in [0.717, 1.165) is 16.8 Å². The molecule has 2 amide bonds. The zero-order valence-electron chi connectivity index (χ0n) is 13.9. The van der Waals surface area contributed by atoms with Gasteiger partial charge in [0.15, 0.2) is 10.3 Å². The number of amides is 2. The van der Waals surface area contributed by atoms with Crippen molar-refractivity contribution in [2.75, 3.05) is 10.6 Å². The van der Waals surface area contributed by atoms with Crippen LogP contribution in [0.3, 0.4) is 0 Å². The number of benzene rings is 1. The van der Waals surface area contributed by atoms with Gasteiger partial charge in [0, 0.05) is 30.6 Å². The van der Waals surface area contributed by atoms with Crippen molar-refractivity contribution >= 4 is 50.2 Å². The van der Waals surface area contributed by atoms with E-state index in [0.29, 0.717) is 21.6 Å². The molecule has 3 aromatic rings.